The highest BCUT2D eigenvalue weighted by molar-refractivity contribution is 7.14. The first-order valence-corrected chi connectivity index (χ1v) is 10.8. The molecule has 4 nitrogen and oxygen atoms in total. The smallest absolute Gasteiger partial charge is 0.264 e. The first kappa shape index (κ1) is 18.4. The van der Waals surface area contributed by atoms with Crippen LogP contribution in [0.15, 0.2) is 30.3 Å². The lowest BCUT2D eigenvalue weighted by atomic mass is 9.87. The number of carbonyl (C=O) groups excluding carboxylic acids is 1. The summed E-state index contributed by atoms with van der Waals surface area (Å²) in [5.74, 6) is 1.90. The Morgan fingerprint density at radius 1 is 1.22 bits per heavy atom. The van der Waals surface area contributed by atoms with Crippen LogP contribution in [-0.2, 0) is 12.8 Å². The molecule has 0 unspecified atom stereocenters. The van der Waals surface area contributed by atoms with E-state index in [9.17, 15) is 4.79 Å². The van der Waals surface area contributed by atoms with E-state index in [0.29, 0.717) is 0 Å². The zero-order valence-corrected chi connectivity index (χ0v) is 17.1. The summed E-state index contributed by atoms with van der Waals surface area (Å²) < 4.78 is 5.49. The molecule has 5 heteroatoms. The maximum absolute atomic E-state index is 13.0. The minimum absolute atomic E-state index is 0.210. The largest absolute Gasteiger partial charge is 0.495 e. The fraction of sp³-hybridized carbons (Fsp3) is 0.500. The van der Waals surface area contributed by atoms with E-state index < -0.39 is 0 Å². The lowest BCUT2D eigenvalue weighted by molar-refractivity contribution is 0.0751. The molecule has 0 radical (unpaired) electrons. The number of piperazine rings is 1. The molecule has 1 fully saturated rings. The predicted octanol–water partition coefficient (Wildman–Crippen LogP) is 4.23. The average molecular weight is 385 g/mol. The van der Waals surface area contributed by atoms with E-state index in [0.717, 1.165) is 61.3 Å². The van der Waals surface area contributed by atoms with Gasteiger partial charge in [-0.2, -0.15) is 0 Å². The first-order chi connectivity index (χ1) is 13.2. The summed E-state index contributed by atoms with van der Waals surface area (Å²) in [5, 5.41) is 0. The van der Waals surface area contributed by atoms with E-state index in [1.54, 1.807) is 18.4 Å². The van der Waals surface area contributed by atoms with Gasteiger partial charge in [0.05, 0.1) is 17.7 Å². The molecule has 1 aliphatic carbocycles. The minimum atomic E-state index is 0.210. The summed E-state index contributed by atoms with van der Waals surface area (Å²) in [4.78, 5) is 19.7. The molecule has 144 valence electrons. The van der Waals surface area contributed by atoms with Crippen molar-refractivity contribution < 1.29 is 9.53 Å². The number of fused-ring (bicyclic) bond motifs is 1. The first-order valence-electron chi connectivity index (χ1n) is 9.98. The third-order valence-electron chi connectivity index (χ3n) is 5.97. The molecule has 0 bridgehead atoms. The molecule has 0 saturated carbocycles. The summed E-state index contributed by atoms with van der Waals surface area (Å²) in [6, 6.07) is 10.3. The number of thiophene rings is 1. The Bertz CT molecular complexity index is 808. The Labute approximate surface area is 165 Å². The molecule has 4 rings (SSSR count). The number of aryl methyl sites for hydroxylation is 1. The molecular formula is C22H28N2O2S. The van der Waals surface area contributed by atoms with Crippen molar-refractivity contribution in [2.45, 2.75) is 32.6 Å². The van der Waals surface area contributed by atoms with Gasteiger partial charge in [-0.05, 0) is 48.9 Å². The van der Waals surface area contributed by atoms with Crippen LogP contribution in [0.5, 0.6) is 5.75 Å². The SMILES string of the molecule is CC[C@@H]1CCc2sc(C(=O)N3CCN(c4ccccc4OC)CC3)cc2C1. The number of anilines is 1. The van der Waals surface area contributed by atoms with Crippen molar-refractivity contribution in [1.82, 2.24) is 4.90 Å². The summed E-state index contributed by atoms with van der Waals surface area (Å²) in [5.41, 5.74) is 2.54. The van der Waals surface area contributed by atoms with Crippen molar-refractivity contribution in [3.05, 3.63) is 45.6 Å². The molecule has 0 spiro atoms. The summed E-state index contributed by atoms with van der Waals surface area (Å²) in [7, 11) is 1.71. The van der Waals surface area contributed by atoms with Crippen molar-refractivity contribution in [2.75, 3.05) is 38.2 Å². The van der Waals surface area contributed by atoms with Crippen molar-refractivity contribution in [2.24, 2.45) is 5.92 Å². The summed E-state index contributed by atoms with van der Waals surface area (Å²) in [6.07, 6.45) is 4.81. The number of rotatable bonds is 4. The predicted molar refractivity (Wildman–Crippen MR) is 111 cm³/mol. The number of para-hydroxylation sites is 2. The lowest BCUT2D eigenvalue weighted by Crippen LogP contribution is -2.48. The van der Waals surface area contributed by atoms with Crippen LogP contribution in [-0.4, -0.2) is 44.1 Å². The zero-order valence-electron chi connectivity index (χ0n) is 16.2. The van der Waals surface area contributed by atoms with E-state index >= 15 is 0 Å². The fourth-order valence-electron chi connectivity index (χ4n) is 4.25. The third kappa shape index (κ3) is 3.70. The van der Waals surface area contributed by atoms with E-state index in [2.05, 4.69) is 24.0 Å². The normalized spacial score (nSPS) is 19.7. The molecule has 1 aromatic carbocycles. The van der Waals surface area contributed by atoms with Gasteiger partial charge < -0.3 is 14.5 Å². The number of methoxy groups -OCH3 is 1. The van der Waals surface area contributed by atoms with Crippen LogP contribution in [0.3, 0.4) is 0 Å². The topological polar surface area (TPSA) is 32.8 Å². The quantitative estimate of drug-likeness (QED) is 0.791. The van der Waals surface area contributed by atoms with Crippen LogP contribution in [0, 0.1) is 5.92 Å². The maximum atomic E-state index is 13.0. The average Bonchev–Trinajstić information content (AvgIpc) is 3.16. The highest BCUT2D eigenvalue weighted by Gasteiger charge is 2.27. The number of benzene rings is 1. The van der Waals surface area contributed by atoms with Crippen LogP contribution < -0.4 is 9.64 Å². The molecular weight excluding hydrogens is 356 g/mol. The van der Waals surface area contributed by atoms with Gasteiger partial charge >= 0.3 is 0 Å². The maximum Gasteiger partial charge on any atom is 0.264 e. The van der Waals surface area contributed by atoms with Gasteiger partial charge in [0.2, 0.25) is 0 Å². The third-order valence-corrected chi connectivity index (χ3v) is 7.19. The highest BCUT2D eigenvalue weighted by atomic mass is 32.1. The minimum Gasteiger partial charge on any atom is -0.495 e. The van der Waals surface area contributed by atoms with Crippen molar-refractivity contribution in [3.8, 4) is 5.75 Å². The second kappa shape index (κ2) is 7.93. The van der Waals surface area contributed by atoms with E-state index in [-0.39, 0.29) is 5.91 Å². The van der Waals surface area contributed by atoms with Crippen LogP contribution in [0.2, 0.25) is 0 Å². The molecule has 2 aromatic rings. The number of hydrogen-bond acceptors (Lipinski definition) is 4. The van der Waals surface area contributed by atoms with Crippen LogP contribution in [0.25, 0.3) is 0 Å². The second-order valence-corrected chi connectivity index (χ2v) is 8.66. The second-order valence-electron chi connectivity index (χ2n) is 7.53. The van der Waals surface area contributed by atoms with Crippen LogP contribution in [0.4, 0.5) is 5.69 Å². The van der Waals surface area contributed by atoms with Crippen molar-refractivity contribution in [3.63, 3.8) is 0 Å². The standard InChI is InChI=1S/C22H28N2O2S/c1-3-16-8-9-20-17(14-16)15-21(27-20)22(25)24-12-10-23(11-13-24)18-6-4-5-7-19(18)26-2/h4-7,15-16H,3,8-14H2,1-2H3/t16-/m1/s1. The molecule has 1 amide bonds. The molecule has 1 atom stereocenters. The molecule has 1 aliphatic heterocycles. The summed E-state index contributed by atoms with van der Waals surface area (Å²) >= 11 is 1.73. The number of hydrogen-bond donors (Lipinski definition) is 0. The van der Waals surface area contributed by atoms with E-state index in [1.165, 1.54) is 23.3 Å². The van der Waals surface area contributed by atoms with Gasteiger partial charge in [-0.15, -0.1) is 11.3 Å². The van der Waals surface area contributed by atoms with Gasteiger partial charge in [0.1, 0.15) is 5.75 Å². The molecule has 2 heterocycles. The van der Waals surface area contributed by atoms with Crippen LogP contribution in [0.1, 0.15) is 39.9 Å². The van der Waals surface area contributed by atoms with E-state index in [4.69, 9.17) is 4.74 Å². The number of carbonyl (C=O) groups is 1. The summed E-state index contributed by atoms with van der Waals surface area (Å²) in [6.45, 7) is 5.48. The Morgan fingerprint density at radius 3 is 2.74 bits per heavy atom. The van der Waals surface area contributed by atoms with Gasteiger partial charge in [-0.3, -0.25) is 4.79 Å². The Morgan fingerprint density at radius 2 is 2.00 bits per heavy atom. The lowest BCUT2D eigenvalue weighted by Gasteiger charge is -2.36. The molecule has 1 aromatic heterocycles. The van der Waals surface area contributed by atoms with Crippen molar-refractivity contribution >= 4 is 22.9 Å². The number of nitrogens with zero attached hydrogens (tertiary/aromatic N) is 2. The molecule has 27 heavy (non-hydrogen) atoms. The number of amides is 1. The fourth-order valence-corrected chi connectivity index (χ4v) is 5.43. The van der Waals surface area contributed by atoms with Crippen molar-refractivity contribution in [1.29, 1.82) is 0 Å². The monoisotopic (exact) mass is 384 g/mol. The molecule has 1 saturated heterocycles. The Hall–Kier alpha value is -2.01. The van der Waals surface area contributed by atoms with Gasteiger partial charge in [-0.1, -0.05) is 25.5 Å². The Balaban J connectivity index is 1.41. The molecule has 2 aliphatic rings. The van der Waals surface area contributed by atoms with Crippen LogP contribution >= 0.6 is 11.3 Å². The highest BCUT2D eigenvalue weighted by Crippen LogP contribution is 2.34. The van der Waals surface area contributed by atoms with Gasteiger partial charge in [0.25, 0.3) is 5.91 Å². The molecule has 0 N–H and O–H groups in total. The zero-order chi connectivity index (χ0) is 18.8. The Kier molecular flexibility index (Phi) is 5.39. The van der Waals surface area contributed by atoms with Gasteiger partial charge in [0.15, 0.2) is 0 Å². The van der Waals surface area contributed by atoms with E-state index in [1.807, 2.05) is 23.1 Å². The van der Waals surface area contributed by atoms with Gasteiger partial charge in [-0.25, -0.2) is 0 Å². The van der Waals surface area contributed by atoms with Gasteiger partial charge in [0, 0.05) is 31.1 Å². The number of ether oxygens (including phenoxy) is 1.